The van der Waals surface area contributed by atoms with Crippen LogP contribution in [0.2, 0.25) is 0 Å². The van der Waals surface area contributed by atoms with E-state index in [2.05, 4.69) is 4.72 Å². The molecule has 0 amide bonds. The predicted octanol–water partition coefficient (Wildman–Crippen LogP) is -0.568. The molecule has 0 aliphatic carbocycles. The Balaban J connectivity index is 3.95. The molecule has 0 fully saturated rings. The maximum Gasteiger partial charge on any atom is 0.303 e. The largest absolute Gasteiger partial charge is 0.481 e. The molecular weight excluding hydrogens is 250 g/mol. The third-order valence-electron chi connectivity index (χ3n) is 2.02. The second-order valence-corrected chi connectivity index (χ2v) is 5.40. The Kier molecular flexibility index (Phi) is 8.05. The monoisotopic (exact) mass is 269 g/mol. The lowest BCUT2D eigenvalue weighted by Gasteiger charge is -2.14. The minimum absolute atomic E-state index is 0.0899. The van der Waals surface area contributed by atoms with Crippen LogP contribution in [0.3, 0.4) is 0 Å². The van der Waals surface area contributed by atoms with Gasteiger partial charge in [-0.15, -0.1) is 0 Å². The molecule has 0 aromatic carbocycles. The fourth-order valence-electron chi connectivity index (χ4n) is 1.10. The summed E-state index contributed by atoms with van der Waals surface area (Å²) in [5, 5.41) is 8.38. The van der Waals surface area contributed by atoms with Gasteiger partial charge in [0.05, 0.1) is 18.5 Å². The summed E-state index contributed by atoms with van der Waals surface area (Å²) in [5.41, 5.74) is 0. The minimum atomic E-state index is -3.45. The van der Waals surface area contributed by atoms with Gasteiger partial charge in [0.1, 0.15) is 0 Å². The van der Waals surface area contributed by atoms with Crippen molar-refractivity contribution in [2.75, 3.05) is 33.1 Å². The number of carboxylic acid groups (broad SMARTS) is 1. The van der Waals surface area contributed by atoms with Crippen LogP contribution in [0.25, 0.3) is 0 Å². The van der Waals surface area contributed by atoms with E-state index in [1.54, 1.807) is 0 Å². The lowest BCUT2D eigenvalue weighted by molar-refractivity contribution is -0.137. The Hall–Kier alpha value is -0.700. The second-order valence-electron chi connectivity index (χ2n) is 3.48. The van der Waals surface area contributed by atoms with Crippen LogP contribution in [0.15, 0.2) is 0 Å². The van der Waals surface area contributed by atoms with E-state index in [9.17, 15) is 13.2 Å². The normalized spacial score (nSPS) is 13.5. The predicted molar refractivity (Wildman–Crippen MR) is 61.3 cm³/mol. The third-order valence-corrected chi connectivity index (χ3v) is 3.45. The van der Waals surface area contributed by atoms with Crippen LogP contribution < -0.4 is 4.72 Å². The molecule has 0 radical (unpaired) electrons. The SMILES string of the molecule is COCC(CNS(=O)(=O)CCCC(=O)O)OC. The molecule has 0 aromatic rings. The number of sulfonamides is 1. The van der Waals surface area contributed by atoms with E-state index in [-0.39, 0.29) is 37.9 Å². The summed E-state index contributed by atoms with van der Waals surface area (Å²) in [5.74, 6) is -1.21. The van der Waals surface area contributed by atoms with Gasteiger partial charge >= 0.3 is 5.97 Å². The van der Waals surface area contributed by atoms with Crippen LogP contribution in [0.1, 0.15) is 12.8 Å². The number of ether oxygens (including phenoxy) is 2. The molecule has 0 rings (SSSR count). The standard InChI is InChI=1S/C9H19NO6S/c1-15-7-8(16-2)6-10-17(13,14)5-3-4-9(11)12/h8,10H,3-7H2,1-2H3,(H,11,12). The summed E-state index contributed by atoms with van der Waals surface area (Å²) in [6.45, 7) is 0.397. The van der Waals surface area contributed by atoms with E-state index in [4.69, 9.17) is 14.6 Å². The Bertz CT molecular complexity index is 315. The fraction of sp³-hybridized carbons (Fsp3) is 0.889. The molecule has 8 heteroatoms. The summed E-state index contributed by atoms with van der Waals surface area (Å²) in [7, 11) is -0.495. The molecule has 0 bridgehead atoms. The Morgan fingerprint density at radius 1 is 1.41 bits per heavy atom. The number of hydrogen-bond donors (Lipinski definition) is 2. The summed E-state index contributed by atoms with van der Waals surface area (Å²) in [6, 6.07) is 0. The van der Waals surface area contributed by atoms with Crippen molar-refractivity contribution < 1.29 is 27.8 Å². The Morgan fingerprint density at radius 3 is 2.53 bits per heavy atom. The lowest BCUT2D eigenvalue weighted by Crippen LogP contribution is -2.36. The highest BCUT2D eigenvalue weighted by atomic mass is 32.2. The minimum Gasteiger partial charge on any atom is -0.481 e. The highest BCUT2D eigenvalue weighted by Gasteiger charge is 2.14. The molecular formula is C9H19NO6S. The molecule has 1 unspecified atom stereocenters. The Morgan fingerprint density at radius 2 is 2.06 bits per heavy atom. The molecule has 17 heavy (non-hydrogen) atoms. The van der Waals surface area contributed by atoms with Gasteiger partial charge in [0, 0.05) is 27.2 Å². The van der Waals surface area contributed by atoms with Crippen molar-refractivity contribution in [1.29, 1.82) is 0 Å². The molecule has 0 aromatic heterocycles. The zero-order valence-corrected chi connectivity index (χ0v) is 10.8. The molecule has 0 aliphatic heterocycles. The zero-order chi connectivity index (χ0) is 13.3. The van der Waals surface area contributed by atoms with E-state index >= 15 is 0 Å². The lowest BCUT2D eigenvalue weighted by atomic mass is 10.3. The first kappa shape index (κ1) is 16.3. The van der Waals surface area contributed by atoms with Crippen LogP contribution in [0, 0.1) is 0 Å². The molecule has 2 N–H and O–H groups in total. The van der Waals surface area contributed by atoms with Crippen molar-refractivity contribution in [2.24, 2.45) is 0 Å². The fourth-order valence-corrected chi connectivity index (χ4v) is 2.21. The molecule has 7 nitrogen and oxygen atoms in total. The number of nitrogens with one attached hydrogen (secondary N) is 1. The van der Waals surface area contributed by atoms with Crippen LogP contribution in [0.4, 0.5) is 0 Å². The van der Waals surface area contributed by atoms with Crippen LogP contribution >= 0.6 is 0 Å². The first-order valence-electron chi connectivity index (χ1n) is 5.12. The van der Waals surface area contributed by atoms with Gasteiger partial charge in [-0.25, -0.2) is 13.1 Å². The molecule has 0 aliphatic rings. The molecule has 0 saturated heterocycles. The van der Waals surface area contributed by atoms with Crippen LogP contribution in [-0.4, -0.2) is 58.7 Å². The molecule has 102 valence electrons. The second kappa shape index (κ2) is 8.40. The van der Waals surface area contributed by atoms with Crippen molar-refractivity contribution in [3.63, 3.8) is 0 Å². The van der Waals surface area contributed by atoms with Crippen molar-refractivity contribution in [3.05, 3.63) is 0 Å². The van der Waals surface area contributed by atoms with Gasteiger partial charge < -0.3 is 14.6 Å². The van der Waals surface area contributed by atoms with Gasteiger partial charge in [0.2, 0.25) is 10.0 Å². The Labute approximate surface area is 101 Å². The summed E-state index contributed by atoms with van der Waals surface area (Å²) >= 11 is 0. The smallest absolute Gasteiger partial charge is 0.303 e. The van der Waals surface area contributed by atoms with Crippen molar-refractivity contribution >= 4 is 16.0 Å². The highest BCUT2D eigenvalue weighted by Crippen LogP contribution is 1.96. The topological polar surface area (TPSA) is 102 Å². The average Bonchev–Trinajstić information content (AvgIpc) is 2.23. The highest BCUT2D eigenvalue weighted by molar-refractivity contribution is 7.89. The first-order valence-corrected chi connectivity index (χ1v) is 6.77. The number of rotatable bonds is 10. The molecule has 1 atom stereocenters. The van der Waals surface area contributed by atoms with Crippen LogP contribution in [0.5, 0.6) is 0 Å². The maximum atomic E-state index is 11.4. The van der Waals surface area contributed by atoms with Crippen molar-refractivity contribution in [1.82, 2.24) is 4.72 Å². The summed E-state index contributed by atoms with van der Waals surface area (Å²) in [6.07, 6.45) is -0.423. The number of methoxy groups -OCH3 is 2. The number of aliphatic carboxylic acids is 1. The van der Waals surface area contributed by atoms with E-state index in [0.29, 0.717) is 0 Å². The average molecular weight is 269 g/mol. The van der Waals surface area contributed by atoms with Crippen molar-refractivity contribution in [2.45, 2.75) is 18.9 Å². The summed E-state index contributed by atoms with van der Waals surface area (Å²) in [4.78, 5) is 10.2. The number of carboxylic acids is 1. The quantitative estimate of drug-likeness (QED) is 0.551. The summed E-state index contributed by atoms with van der Waals surface area (Å²) < 4.78 is 35.0. The van der Waals surface area contributed by atoms with E-state index in [0.717, 1.165) is 0 Å². The van der Waals surface area contributed by atoms with Gasteiger partial charge in [-0.3, -0.25) is 4.79 Å². The van der Waals surface area contributed by atoms with E-state index < -0.39 is 16.0 Å². The van der Waals surface area contributed by atoms with Crippen molar-refractivity contribution in [3.8, 4) is 0 Å². The van der Waals surface area contributed by atoms with Gasteiger partial charge in [-0.05, 0) is 6.42 Å². The van der Waals surface area contributed by atoms with Gasteiger partial charge in [-0.2, -0.15) is 0 Å². The number of hydrogen-bond acceptors (Lipinski definition) is 5. The van der Waals surface area contributed by atoms with Crippen LogP contribution in [-0.2, 0) is 24.3 Å². The van der Waals surface area contributed by atoms with E-state index in [1.165, 1.54) is 14.2 Å². The van der Waals surface area contributed by atoms with Gasteiger partial charge in [0.15, 0.2) is 0 Å². The third kappa shape index (κ3) is 9.04. The maximum absolute atomic E-state index is 11.4. The molecule has 0 spiro atoms. The van der Waals surface area contributed by atoms with Gasteiger partial charge in [-0.1, -0.05) is 0 Å². The van der Waals surface area contributed by atoms with Gasteiger partial charge in [0.25, 0.3) is 0 Å². The number of carbonyl (C=O) groups is 1. The zero-order valence-electron chi connectivity index (χ0n) is 10.0. The van der Waals surface area contributed by atoms with E-state index in [1.807, 2.05) is 0 Å². The molecule has 0 saturated carbocycles. The first-order chi connectivity index (χ1) is 7.91. The molecule has 0 heterocycles.